The van der Waals surface area contributed by atoms with Crippen LogP contribution in [0.15, 0.2) is 60.7 Å². The standard InChI is InChI=1S/C26H37NO4Si/c1-24(2,3)26(17-20(28)18-27(26)23(29)31-25(4,5)6)19-30-32(21-13-9-7-10-14-21)22-15-11-8-12-16-22/h7-16,20,28,32H,17-19H2,1-6H3/t20-,26-/m1/s1. The smallest absolute Gasteiger partial charge is 0.410 e. The topological polar surface area (TPSA) is 59.0 Å². The number of likely N-dealkylation sites (tertiary alicyclic amines) is 1. The number of aliphatic hydroxyl groups excluding tert-OH is 1. The van der Waals surface area contributed by atoms with Crippen LogP contribution in [-0.2, 0) is 9.16 Å². The van der Waals surface area contributed by atoms with E-state index in [9.17, 15) is 9.90 Å². The van der Waals surface area contributed by atoms with Crippen LogP contribution in [0.2, 0.25) is 0 Å². The number of carbonyl (C=O) groups excluding carboxylic acids is 1. The lowest BCUT2D eigenvalue weighted by molar-refractivity contribution is -0.0374. The van der Waals surface area contributed by atoms with Gasteiger partial charge in [0.05, 0.1) is 24.8 Å². The average molecular weight is 456 g/mol. The summed E-state index contributed by atoms with van der Waals surface area (Å²) in [5, 5.41) is 13.0. The zero-order chi connectivity index (χ0) is 23.6. The van der Waals surface area contributed by atoms with Gasteiger partial charge in [-0.1, -0.05) is 81.4 Å². The summed E-state index contributed by atoms with van der Waals surface area (Å²) in [7, 11) is -2.00. The molecule has 0 aromatic heterocycles. The minimum Gasteiger partial charge on any atom is -0.444 e. The number of hydrogen-bond acceptors (Lipinski definition) is 4. The fourth-order valence-electron chi connectivity index (χ4n) is 4.44. The lowest BCUT2D eigenvalue weighted by atomic mass is 9.72. The quantitative estimate of drug-likeness (QED) is 0.703. The lowest BCUT2D eigenvalue weighted by Crippen LogP contribution is -2.61. The lowest BCUT2D eigenvalue weighted by Gasteiger charge is -2.48. The predicted molar refractivity (Wildman–Crippen MR) is 131 cm³/mol. The second-order valence-corrected chi connectivity index (χ2v) is 13.2. The van der Waals surface area contributed by atoms with Crippen molar-refractivity contribution in [3.05, 3.63) is 60.7 Å². The Kier molecular flexibility index (Phi) is 7.17. The van der Waals surface area contributed by atoms with Crippen molar-refractivity contribution < 1.29 is 19.1 Å². The number of carbonyl (C=O) groups is 1. The maximum absolute atomic E-state index is 13.2. The molecular formula is C26H37NO4Si. The van der Waals surface area contributed by atoms with Crippen molar-refractivity contribution in [3.8, 4) is 0 Å². The van der Waals surface area contributed by atoms with E-state index in [1.165, 1.54) is 10.4 Å². The van der Waals surface area contributed by atoms with E-state index in [4.69, 9.17) is 9.16 Å². The molecule has 2 atom stereocenters. The zero-order valence-corrected chi connectivity index (χ0v) is 21.3. The molecule has 6 heteroatoms. The Balaban J connectivity index is 1.95. The fourth-order valence-corrected chi connectivity index (χ4v) is 6.80. The maximum Gasteiger partial charge on any atom is 0.410 e. The van der Waals surface area contributed by atoms with E-state index < -0.39 is 32.4 Å². The number of aliphatic hydroxyl groups is 1. The zero-order valence-electron chi connectivity index (χ0n) is 20.2. The molecule has 174 valence electrons. The molecule has 0 aliphatic carbocycles. The third-order valence-electron chi connectivity index (χ3n) is 6.19. The van der Waals surface area contributed by atoms with E-state index >= 15 is 0 Å². The Bertz CT molecular complexity index is 852. The van der Waals surface area contributed by atoms with Gasteiger partial charge >= 0.3 is 6.09 Å². The molecule has 0 unspecified atom stereocenters. The molecule has 0 bridgehead atoms. The van der Waals surface area contributed by atoms with Crippen LogP contribution in [0, 0.1) is 5.41 Å². The number of amides is 1. The highest BCUT2D eigenvalue weighted by Gasteiger charge is 2.56. The van der Waals surface area contributed by atoms with E-state index in [-0.39, 0.29) is 12.0 Å². The van der Waals surface area contributed by atoms with Gasteiger partial charge in [0.15, 0.2) is 0 Å². The van der Waals surface area contributed by atoms with Gasteiger partial charge in [-0.05, 0) is 36.6 Å². The van der Waals surface area contributed by atoms with Crippen LogP contribution in [0.5, 0.6) is 0 Å². The Morgan fingerprint density at radius 1 is 1.00 bits per heavy atom. The minimum absolute atomic E-state index is 0.248. The monoisotopic (exact) mass is 455 g/mol. The van der Waals surface area contributed by atoms with Gasteiger partial charge < -0.3 is 14.3 Å². The van der Waals surface area contributed by atoms with E-state index in [0.29, 0.717) is 13.0 Å². The normalized spacial score (nSPS) is 21.8. The molecule has 0 spiro atoms. The molecule has 0 radical (unpaired) electrons. The molecule has 3 rings (SSSR count). The first kappa shape index (κ1) is 24.5. The first-order chi connectivity index (χ1) is 14.9. The molecule has 32 heavy (non-hydrogen) atoms. The second-order valence-electron chi connectivity index (χ2n) is 10.7. The van der Waals surface area contributed by atoms with Crippen LogP contribution in [0.3, 0.4) is 0 Å². The van der Waals surface area contributed by atoms with Gasteiger partial charge in [0.25, 0.3) is 0 Å². The summed E-state index contributed by atoms with van der Waals surface area (Å²) < 4.78 is 12.5. The molecule has 1 N–H and O–H groups in total. The number of β-amino-alcohol motifs (C(OH)–C–C–N with tert-alkyl or cyclic N) is 1. The molecule has 1 saturated heterocycles. The number of hydrogen-bond donors (Lipinski definition) is 1. The molecule has 1 amide bonds. The predicted octanol–water partition coefficient (Wildman–Crippen LogP) is 3.33. The second kappa shape index (κ2) is 9.38. The van der Waals surface area contributed by atoms with Crippen LogP contribution in [-0.4, -0.2) is 55.5 Å². The molecule has 1 fully saturated rings. The summed E-state index contributed by atoms with van der Waals surface area (Å²) in [5.41, 5.74) is -1.61. The summed E-state index contributed by atoms with van der Waals surface area (Å²) in [6.45, 7) is 12.5. The van der Waals surface area contributed by atoms with Crippen molar-refractivity contribution in [2.24, 2.45) is 5.41 Å². The summed E-state index contributed by atoms with van der Waals surface area (Å²) in [6.07, 6.45) is -0.551. The summed E-state index contributed by atoms with van der Waals surface area (Å²) >= 11 is 0. The fraction of sp³-hybridized carbons (Fsp3) is 0.500. The highest BCUT2D eigenvalue weighted by atomic mass is 28.3. The van der Waals surface area contributed by atoms with Crippen LogP contribution in [0.1, 0.15) is 48.0 Å². The van der Waals surface area contributed by atoms with Gasteiger partial charge in [0, 0.05) is 6.42 Å². The molecule has 0 saturated carbocycles. The van der Waals surface area contributed by atoms with E-state index in [2.05, 4.69) is 45.0 Å². The van der Waals surface area contributed by atoms with Gasteiger partial charge in [-0.15, -0.1) is 0 Å². The van der Waals surface area contributed by atoms with Crippen molar-refractivity contribution in [2.45, 2.75) is 65.2 Å². The Labute approximate surface area is 194 Å². The summed E-state index contributed by atoms with van der Waals surface area (Å²) in [6, 6.07) is 20.6. The minimum atomic E-state index is -2.00. The van der Waals surface area contributed by atoms with Gasteiger partial charge in [0.2, 0.25) is 9.04 Å². The van der Waals surface area contributed by atoms with Crippen molar-refractivity contribution in [2.75, 3.05) is 13.2 Å². The van der Waals surface area contributed by atoms with Gasteiger partial charge in [0.1, 0.15) is 5.60 Å². The summed E-state index contributed by atoms with van der Waals surface area (Å²) in [4.78, 5) is 14.9. The molecule has 2 aromatic carbocycles. The average Bonchev–Trinajstić information content (AvgIpc) is 3.06. The van der Waals surface area contributed by atoms with Crippen LogP contribution >= 0.6 is 0 Å². The van der Waals surface area contributed by atoms with Crippen LogP contribution in [0.25, 0.3) is 0 Å². The van der Waals surface area contributed by atoms with Gasteiger partial charge in [-0.3, -0.25) is 4.90 Å². The van der Waals surface area contributed by atoms with E-state index in [1.807, 2.05) is 57.2 Å². The Morgan fingerprint density at radius 2 is 1.50 bits per heavy atom. The Morgan fingerprint density at radius 3 is 1.94 bits per heavy atom. The van der Waals surface area contributed by atoms with E-state index in [0.717, 1.165) is 0 Å². The maximum atomic E-state index is 13.2. The van der Waals surface area contributed by atoms with Crippen molar-refractivity contribution in [3.63, 3.8) is 0 Å². The molecule has 1 aliphatic heterocycles. The first-order valence-corrected chi connectivity index (χ1v) is 13.0. The first-order valence-electron chi connectivity index (χ1n) is 11.3. The highest BCUT2D eigenvalue weighted by molar-refractivity contribution is 6.80. The third kappa shape index (κ3) is 5.42. The molecule has 1 heterocycles. The number of ether oxygens (including phenoxy) is 1. The van der Waals surface area contributed by atoms with E-state index in [1.54, 1.807) is 4.90 Å². The molecule has 2 aromatic rings. The number of benzene rings is 2. The van der Waals surface area contributed by atoms with Crippen LogP contribution in [0.4, 0.5) is 4.79 Å². The Hall–Kier alpha value is -2.15. The van der Waals surface area contributed by atoms with Crippen LogP contribution < -0.4 is 10.4 Å². The largest absolute Gasteiger partial charge is 0.444 e. The number of nitrogens with zero attached hydrogens (tertiary/aromatic N) is 1. The van der Waals surface area contributed by atoms with Crippen molar-refractivity contribution in [1.29, 1.82) is 0 Å². The molecule has 1 aliphatic rings. The summed E-state index contributed by atoms with van der Waals surface area (Å²) in [5.74, 6) is 0. The van der Waals surface area contributed by atoms with Crippen molar-refractivity contribution in [1.82, 2.24) is 4.90 Å². The number of rotatable bonds is 5. The van der Waals surface area contributed by atoms with Crippen molar-refractivity contribution >= 4 is 25.5 Å². The van der Waals surface area contributed by atoms with Gasteiger partial charge in [-0.2, -0.15) is 0 Å². The highest BCUT2D eigenvalue weighted by Crippen LogP contribution is 2.44. The molecule has 5 nitrogen and oxygen atoms in total. The third-order valence-corrected chi connectivity index (χ3v) is 8.67. The SMILES string of the molecule is CC(C)(C)OC(=O)N1C[C@H](O)C[C@@]1(CO[SiH](c1ccccc1)c1ccccc1)C(C)(C)C. The molecular weight excluding hydrogens is 418 g/mol. The van der Waals surface area contributed by atoms with Gasteiger partial charge in [-0.25, -0.2) is 4.79 Å².